The van der Waals surface area contributed by atoms with E-state index in [4.69, 9.17) is 14.2 Å². The summed E-state index contributed by atoms with van der Waals surface area (Å²) >= 11 is 0. The quantitative estimate of drug-likeness (QED) is 0.706. The summed E-state index contributed by atoms with van der Waals surface area (Å²) in [6.45, 7) is 1.24. The molecule has 24 heavy (non-hydrogen) atoms. The fourth-order valence-electron chi connectivity index (χ4n) is 2.42. The smallest absolute Gasteiger partial charge is 0.339 e. The number of methoxy groups -OCH3 is 1. The molecule has 0 unspecified atom stereocenters. The molecule has 8 nitrogen and oxygen atoms in total. The second-order valence-corrected chi connectivity index (χ2v) is 5.30. The van der Waals surface area contributed by atoms with E-state index in [-0.39, 0.29) is 6.61 Å². The lowest BCUT2D eigenvalue weighted by molar-refractivity contribution is -0.292. The van der Waals surface area contributed by atoms with Crippen LogP contribution in [0.2, 0.25) is 0 Å². The van der Waals surface area contributed by atoms with Crippen molar-refractivity contribution < 1.29 is 38.7 Å². The van der Waals surface area contributed by atoms with Gasteiger partial charge in [-0.1, -0.05) is 30.3 Å². The maximum absolute atomic E-state index is 11.8. The number of aliphatic hydroxyl groups excluding tert-OH is 2. The molecule has 1 heterocycles. The molecule has 5 atom stereocenters. The molecular formula is C16H20O8. The molecule has 0 spiro atoms. The molecule has 1 aliphatic rings. The van der Waals surface area contributed by atoms with Crippen LogP contribution in [0.1, 0.15) is 12.5 Å². The number of ether oxygens (including phenoxy) is 4. The number of esters is 2. The van der Waals surface area contributed by atoms with Crippen molar-refractivity contribution in [2.24, 2.45) is 0 Å². The van der Waals surface area contributed by atoms with Crippen molar-refractivity contribution in [1.29, 1.82) is 0 Å². The average molecular weight is 340 g/mol. The van der Waals surface area contributed by atoms with Crippen LogP contribution in [0.15, 0.2) is 30.3 Å². The van der Waals surface area contributed by atoms with Crippen molar-refractivity contribution in [2.45, 2.75) is 44.2 Å². The Bertz CT molecular complexity index is 560. The predicted octanol–water partition coefficient (Wildman–Crippen LogP) is -0.245. The van der Waals surface area contributed by atoms with Crippen molar-refractivity contribution in [3.05, 3.63) is 35.9 Å². The SMILES string of the molecule is COC(=O)[C@@H]1O[C@H](O)[C@H](O)[C@@H](OCc2ccccc2)[C@@H]1OC(C)=O. The number of carbonyl (C=O) groups is 2. The summed E-state index contributed by atoms with van der Waals surface area (Å²) in [6.07, 6.45) is -7.00. The monoisotopic (exact) mass is 340 g/mol. The van der Waals surface area contributed by atoms with Crippen LogP contribution in [0, 0.1) is 0 Å². The first-order valence-corrected chi connectivity index (χ1v) is 7.36. The molecule has 2 N–H and O–H groups in total. The van der Waals surface area contributed by atoms with E-state index in [1.54, 1.807) is 12.1 Å². The van der Waals surface area contributed by atoms with Gasteiger partial charge in [-0.3, -0.25) is 4.79 Å². The summed E-state index contributed by atoms with van der Waals surface area (Å²) in [5.74, 6) is -1.53. The van der Waals surface area contributed by atoms with Crippen molar-refractivity contribution in [2.75, 3.05) is 7.11 Å². The number of aliphatic hydroxyl groups is 2. The topological polar surface area (TPSA) is 112 Å². The van der Waals surface area contributed by atoms with Crippen LogP contribution in [0.25, 0.3) is 0 Å². The van der Waals surface area contributed by atoms with Gasteiger partial charge in [-0.15, -0.1) is 0 Å². The van der Waals surface area contributed by atoms with E-state index >= 15 is 0 Å². The van der Waals surface area contributed by atoms with Crippen LogP contribution in [0.3, 0.4) is 0 Å². The highest BCUT2D eigenvalue weighted by molar-refractivity contribution is 5.76. The molecule has 132 valence electrons. The average Bonchev–Trinajstić information content (AvgIpc) is 2.57. The summed E-state index contributed by atoms with van der Waals surface area (Å²) < 4.78 is 20.3. The number of hydrogen-bond acceptors (Lipinski definition) is 8. The minimum absolute atomic E-state index is 0.0843. The molecular weight excluding hydrogens is 320 g/mol. The Morgan fingerprint density at radius 2 is 1.83 bits per heavy atom. The number of rotatable bonds is 5. The molecule has 0 bridgehead atoms. The van der Waals surface area contributed by atoms with Gasteiger partial charge in [0.05, 0.1) is 13.7 Å². The van der Waals surface area contributed by atoms with Crippen molar-refractivity contribution >= 4 is 11.9 Å². The van der Waals surface area contributed by atoms with Gasteiger partial charge >= 0.3 is 11.9 Å². The van der Waals surface area contributed by atoms with Crippen molar-refractivity contribution in [3.63, 3.8) is 0 Å². The Hall–Kier alpha value is -2.00. The largest absolute Gasteiger partial charge is 0.467 e. The lowest BCUT2D eigenvalue weighted by Crippen LogP contribution is -2.61. The standard InChI is InChI=1S/C16H20O8/c1-9(17)23-13-12(22-8-10-6-4-3-5-7-10)11(18)15(19)24-14(13)16(20)21-2/h3-7,11-15,18-19H,8H2,1-2H3/t11-,12-,13+,14-,15+/m1/s1. The van der Waals surface area contributed by atoms with Crippen LogP contribution in [0.4, 0.5) is 0 Å². The van der Waals surface area contributed by atoms with Gasteiger partial charge in [-0.25, -0.2) is 4.79 Å². The molecule has 0 saturated carbocycles. The highest BCUT2D eigenvalue weighted by atomic mass is 16.7. The van der Waals surface area contributed by atoms with Gasteiger partial charge in [0.15, 0.2) is 18.5 Å². The third-order valence-corrected chi connectivity index (χ3v) is 3.56. The molecule has 0 radical (unpaired) electrons. The second kappa shape index (κ2) is 8.20. The van der Waals surface area contributed by atoms with Gasteiger partial charge in [0.2, 0.25) is 0 Å². The van der Waals surface area contributed by atoms with Gasteiger partial charge in [0.1, 0.15) is 12.2 Å². The van der Waals surface area contributed by atoms with E-state index in [9.17, 15) is 19.8 Å². The first-order valence-electron chi connectivity index (χ1n) is 7.36. The Labute approximate surface area is 138 Å². The normalized spacial score (nSPS) is 29.8. The Morgan fingerprint density at radius 1 is 1.17 bits per heavy atom. The Kier molecular flexibility index (Phi) is 6.27. The molecule has 0 aromatic heterocycles. The molecule has 2 rings (SSSR count). The maximum Gasteiger partial charge on any atom is 0.339 e. The van der Waals surface area contributed by atoms with Crippen molar-refractivity contribution in [1.82, 2.24) is 0 Å². The first-order chi connectivity index (χ1) is 11.4. The zero-order valence-electron chi connectivity index (χ0n) is 13.3. The molecule has 8 heteroatoms. The summed E-state index contributed by atoms with van der Waals surface area (Å²) in [6, 6.07) is 9.08. The summed E-state index contributed by atoms with van der Waals surface area (Å²) in [4.78, 5) is 23.2. The highest BCUT2D eigenvalue weighted by Gasteiger charge is 2.51. The van der Waals surface area contributed by atoms with Gasteiger partial charge in [0.25, 0.3) is 0 Å². The van der Waals surface area contributed by atoms with Crippen LogP contribution >= 0.6 is 0 Å². The fourth-order valence-corrected chi connectivity index (χ4v) is 2.42. The Morgan fingerprint density at radius 3 is 2.42 bits per heavy atom. The summed E-state index contributed by atoms with van der Waals surface area (Å²) in [5.41, 5.74) is 0.807. The molecule has 0 amide bonds. The van der Waals surface area contributed by atoms with E-state index in [1.807, 2.05) is 18.2 Å². The minimum atomic E-state index is -1.68. The number of benzene rings is 1. The zero-order valence-corrected chi connectivity index (χ0v) is 13.3. The number of hydrogen-bond donors (Lipinski definition) is 2. The second-order valence-electron chi connectivity index (χ2n) is 5.30. The fraction of sp³-hybridized carbons (Fsp3) is 0.500. The van der Waals surface area contributed by atoms with Crippen molar-refractivity contribution in [3.8, 4) is 0 Å². The van der Waals surface area contributed by atoms with E-state index in [1.165, 1.54) is 0 Å². The molecule has 0 aliphatic carbocycles. The van der Waals surface area contributed by atoms with E-state index < -0.39 is 42.6 Å². The molecule has 1 aliphatic heterocycles. The minimum Gasteiger partial charge on any atom is -0.467 e. The van der Waals surface area contributed by atoms with E-state index in [0.717, 1.165) is 19.6 Å². The highest BCUT2D eigenvalue weighted by Crippen LogP contribution is 2.26. The summed E-state index contributed by atoms with van der Waals surface area (Å²) in [5, 5.41) is 19.9. The third-order valence-electron chi connectivity index (χ3n) is 3.56. The third kappa shape index (κ3) is 4.30. The van der Waals surface area contributed by atoms with E-state index in [0.29, 0.717) is 0 Å². The maximum atomic E-state index is 11.8. The van der Waals surface area contributed by atoms with E-state index in [2.05, 4.69) is 4.74 Å². The molecule has 1 saturated heterocycles. The van der Waals surface area contributed by atoms with Gasteiger partial charge in [-0.2, -0.15) is 0 Å². The predicted molar refractivity (Wildman–Crippen MR) is 79.5 cm³/mol. The van der Waals surface area contributed by atoms with Gasteiger partial charge in [-0.05, 0) is 5.56 Å². The zero-order chi connectivity index (χ0) is 17.7. The summed E-state index contributed by atoms with van der Waals surface area (Å²) in [7, 11) is 1.13. The lowest BCUT2D eigenvalue weighted by atomic mass is 9.98. The Balaban J connectivity index is 2.20. The van der Waals surface area contributed by atoms with Crippen LogP contribution in [-0.2, 0) is 35.1 Å². The first kappa shape index (κ1) is 18.3. The van der Waals surface area contributed by atoms with Crippen LogP contribution in [0.5, 0.6) is 0 Å². The lowest BCUT2D eigenvalue weighted by Gasteiger charge is -2.40. The van der Waals surface area contributed by atoms with Gasteiger partial charge in [0, 0.05) is 6.92 Å². The number of carbonyl (C=O) groups excluding carboxylic acids is 2. The molecule has 1 fully saturated rings. The van der Waals surface area contributed by atoms with Gasteiger partial charge < -0.3 is 29.2 Å². The van der Waals surface area contributed by atoms with Crippen LogP contribution in [-0.4, -0.2) is 60.0 Å². The molecule has 1 aromatic rings. The molecule has 1 aromatic carbocycles. The van der Waals surface area contributed by atoms with Crippen LogP contribution < -0.4 is 0 Å².